The maximum Gasteiger partial charge on any atom is 0.135 e. The molecule has 102 valence electrons. The molecule has 0 radical (unpaired) electrons. The molecular formula is C13H13Br2NO3. The fraction of sp³-hybridized carbons (Fsp3) is 0.231. The highest BCUT2D eigenvalue weighted by Crippen LogP contribution is 2.34. The number of halogens is 2. The Hall–Kier alpha value is -0.980. The van der Waals surface area contributed by atoms with Gasteiger partial charge in [-0.2, -0.15) is 0 Å². The Kier molecular flexibility index (Phi) is 4.90. The molecule has 2 N–H and O–H groups in total. The zero-order valence-electron chi connectivity index (χ0n) is 10.2. The fourth-order valence-electron chi connectivity index (χ4n) is 1.61. The third kappa shape index (κ3) is 3.52. The lowest BCUT2D eigenvalue weighted by Crippen LogP contribution is -1.99. The van der Waals surface area contributed by atoms with E-state index in [1.807, 2.05) is 18.2 Å². The molecule has 0 aliphatic carbocycles. The minimum absolute atomic E-state index is 0.0875. The average Bonchev–Trinajstić information content (AvgIpc) is 2.86. The Morgan fingerprint density at radius 3 is 2.58 bits per heavy atom. The minimum Gasteiger partial charge on any atom is -0.495 e. The monoisotopic (exact) mass is 389 g/mol. The third-order valence-electron chi connectivity index (χ3n) is 2.57. The Morgan fingerprint density at radius 1 is 1.21 bits per heavy atom. The number of hydrogen-bond acceptors (Lipinski definition) is 4. The van der Waals surface area contributed by atoms with Crippen LogP contribution in [0, 0.1) is 0 Å². The molecule has 1 heterocycles. The number of rotatable bonds is 5. The van der Waals surface area contributed by atoms with E-state index in [-0.39, 0.29) is 6.61 Å². The summed E-state index contributed by atoms with van der Waals surface area (Å²) < 4.78 is 12.5. The summed E-state index contributed by atoms with van der Waals surface area (Å²) in [5.74, 6) is 2.07. The number of ether oxygens (including phenoxy) is 1. The largest absolute Gasteiger partial charge is 0.495 e. The van der Waals surface area contributed by atoms with Crippen molar-refractivity contribution in [1.82, 2.24) is 0 Å². The van der Waals surface area contributed by atoms with E-state index in [4.69, 9.17) is 14.3 Å². The first-order valence-corrected chi connectivity index (χ1v) is 7.18. The number of aliphatic hydroxyl groups is 1. The number of aliphatic hydroxyl groups excluding tert-OH is 1. The fourth-order valence-corrected chi connectivity index (χ4v) is 2.90. The highest BCUT2D eigenvalue weighted by atomic mass is 79.9. The number of methoxy groups -OCH3 is 1. The quantitative estimate of drug-likeness (QED) is 0.812. The molecule has 0 spiro atoms. The second-order valence-electron chi connectivity index (χ2n) is 3.85. The van der Waals surface area contributed by atoms with E-state index in [9.17, 15) is 0 Å². The molecule has 0 bridgehead atoms. The Labute approximate surface area is 128 Å². The number of furan rings is 1. The Bertz CT molecular complexity index is 569. The van der Waals surface area contributed by atoms with Gasteiger partial charge in [-0.05, 0) is 50.1 Å². The van der Waals surface area contributed by atoms with Gasteiger partial charge in [0.25, 0.3) is 0 Å². The van der Waals surface area contributed by atoms with Crippen molar-refractivity contribution in [2.24, 2.45) is 0 Å². The number of anilines is 1. The van der Waals surface area contributed by atoms with Crippen LogP contribution in [0.5, 0.6) is 5.75 Å². The Balaban J connectivity index is 2.10. The minimum atomic E-state index is -0.0875. The molecule has 0 unspecified atom stereocenters. The van der Waals surface area contributed by atoms with E-state index in [2.05, 4.69) is 37.2 Å². The van der Waals surface area contributed by atoms with Crippen molar-refractivity contribution in [1.29, 1.82) is 0 Å². The lowest BCUT2D eigenvalue weighted by Gasteiger charge is -2.11. The predicted molar refractivity (Wildman–Crippen MR) is 80.4 cm³/mol. The van der Waals surface area contributed by atoms with Gasteiger partial charge in [0, 0.05) is 10.5 Å². The van der Waals surface area contributed by atoms with Crippen LogP contribution >= 0.6 is 31.9 Å². The summed E-state index contributed by atoms with van der Waals surface area (Å²) in [6, 6.07) is 7.41. The summed E-state index contributed by atoms with van der Waals surface area (Å²) in [4.78, 5) is 0. The van der Waals surface area contributed by atoms with Crippen molar-refractivity contribution in [3.8, 4) is 5.75 Å². The topological polar surface area (TPSA) is 54.6 Å². The highest BCUT2D eigenvalue weighted by Gasteiger charge is 2.08. The Morgan fingerprint density at radius 2 is 1.95 bits per heavy atom. The van der Waals surface area contributed by atoms with Gasteiger partial charge >= 0.3 is 0 Å². The second-order valence-corrected chi connectivity index (χ2v) is 5.55. The van der Waals surface area contributed by atoms with Crippen LogP contribution in [-0.4, -0.2) is 12.2 Å². The molecule has 1 aromatic heterocycles. The maximum atomic E-state index is 8.94. The van der Waals surface area contributed by atoms with Gasteiger partial charge in [-0.1, -0.05) is 0 Å². The lowest BCUT2D eigenvalue weighted by atomic mass is 10.3. The lowest BCUT2D eigenvalue weighted by molar-refractivity contribution is 0.244. The van der Waals surface area contributed by atoms with E-state index < -0.39 is 0 Å². The van der Waals surface area contributed by atoms with Crippen LogP contribution in [0.1, 0.15) is 11.5 Å². The average molecular weight is 391 g/mol. The molecule has 0 saturated carbocycles. The summed E-state index contributed by atoms with van der Waals surface area (Å²) in [6.07, 6.45) is 0. The van der Waals surface area contributed by atoms with Gasteiger partial charge in [-0.3, -0.25) is 0 Å². The first kappa shape index (κ1) is 14.4. The van der Waals surface area contributed by atoms with Gasteiger partial charge in [0.2, 0.25) is 0 Å². The van der Waals surface area contributed by atoms with Crippen molar-refractivity contribution >= 4 is 37.5 Å². The molecule has 1 aromatic carbocycles. The van der Waals surface area contributed by atoms with Gasteiger partial charge < -0.3 is 19.6 Å². The summed E-state index contributed by atoms with van der Waals surface area (Å²) in [5, 5.41) is 12.2. The molecule has 19 heavy (non-hydrogen) atoms. The zero-order chi connectivity index (χ0) is 13.8. The van der Waals surface area contributed by atoms with Crippen molar-refractivity contribution < 1.29 is 14.3 Å². The molecule has 6 heteroatoms. The molecule has 0 amide bonds. The molecule has 0 aliphatic rings. The summed E-state index contributed by atoms with van der Waals surface area (Å²) >= 11 is 6.91. The first-order valence-electron chi connectivity index (χ1n) is 5.59. The van der Waals surface area contributed by atoms with E-state index in [1.54, 1.807) is 13.2 Å². The number of benzene rings is 1. The number of nitrogens with one attached hydrogen (secondary N) is 1. The normalized spacial score (nSPS) is 10.5. The highest BCUT2D eigenvalue weighted by molar-refractivity contribution is 9.11. The van der Waals surface area contributed by atoms with Crippen molar-refractivity contribution in [3.05, 3.63) is 44.7 Å². The summed E-state index contributed by atoms with van der Waals surface area (Å²) in [5.41, 5.74) is 0.905. The van der Waals surface area contributed by atoms with Gasteiger partial charge in [-0.25, -0.2) is 0 Å². The van der Waals surface area contributed by atoms with E-state index in [0.717, 1.165) is 26.1 Å². The van der Waals surface area contributed by atoms with Gasteiger partial charge in [0.05, 0.1) is 23.8 Å². The van der Waals surface area contributed by atoms with Crippen LogP contribution < -0.4 is 10.1 Å². The molecular weight excluding hydrogens is 378 g/mol. The summed E-state index contributed by atoms with van der Waals surface area (Å²) in [7, 11) is 1.62. The van der Waals surface area contributed by atoms with Crippen LogP contribution in [0.4, 0.5) is 5.69 Å². The smallest absolute Gasteiger partial charge is 0.135 e. The predicted octanol–water partition coefficient (Wildman–Crippen LogP) is 3.92. The van der Waals surface area contributed by atoms with Crippen molar-refractivity contribution in [3.63, 3.8) is 0 Å². The van der Waals surface area contributed by atoms with Crippen LogP contribution in [0.15, 0.2) is 37.6 Å². The van der Waals surface area contributed by atoms with Gasteiger partial charge in [-0.15, -0.1) is 0 Å². The first-order chi connectivity index (χ1) is 9.13. The molecule has 0 fully saturated rings. The SMILES string of the molecule is COc1cc(NCc2ccc(CO)o2)c(Br)cc1Br. The third-order valence-corrected chi connectivity index (χ3v) is 3.84. The number of hydrogen-bond donors (Lipinski definition) is 2. The van der Waals surface area contributed by atoms with Crippen LogP contribution in [0.25, 0.3) is 0 Å². The van der Waals surface area contributed by atoms with E-state index in [0.29, 0.717) is 12.3 Å². The molecule has 2 aromatic rings. The van der Waals surface area contributed by atoms with Crippen molar-refractivity contribution in [2.45, 2.75) is 13.2 Å². The molecule has 0 saturated heterocycles. The second kappa shape index (κ2) is 6.45. The molecule has 2 rings (SSSR count). The molecule has 4 nitrogen and oxygen atoms in total. The van der Waals surface area contributed by atoms with Crippen LogP contribution in [0.3, 0.4) is 0 Å². The molecule has 0 aliphatic heterocycles. The summed E-state index contributed by atoms with van der Waals surface area (Å²) in [6.45, 7) is 0.444. The van der Waals surface area contributed by atoms with Crippen LogP contribution in [0.2, 0.25) is 0 Å². The zero-order valence-corrected chi connectivity index (χ0v) is 13.4. The van der Waals surface area contributed by atoms with Gasteiger partial charge in [0.1, 0.15) is 23.9 Å². The van der Waals surface area contributed by atoms with Crippen LogP contribution in [-0.2, 0) is 13.2 Å². The molecule has 0 atom stereocenters. The van der Waals surface area contributed by atoms with E-state index >= 15 is 0 Å². The maximum absolute atomic E-state index is 8.94. The standard InChI is InChI=1S/C13H13Br2NO3/c1-18-13-5-12(10(14)4-11(13)15)16-6-8-2-3-9(7-17)19-8/h2-5,16-17H,6-7H2,1H3. The van der Waals surface area contributed by atoms with Gasteiger partial charge in [0.15, 0.2) is 0 Å². The van der Waals surface area contributed by atoms with Crippen molar-refractivity contribution in [2.75, 3.05) is 12.4 Å². The van der Waals surface area contributed by atoms with E-state index in [1.165, 1.54) is 0 Å².